The molecule has 1 aromatic heterocycles. The van der Waals surface area contributed by atoms with Gasteiger partial charge in [0.2, 0.25) is 5.91 Å². The van der Waals surface area contributed by atoms with Crippen LogP contribution in [0.2, 0.25) is 0 Å². The monoisotopic (exact) mass is 475 g/mol. The van der Waals surface area contributed by atoms with Crippen molar-refractivity contribution in [3.05, 3.63) is 71.8 Å². The minimum absolute atomic E-state index is 0.0735. The Kier molecular flexibility index (Phi) is 7.70. The molecule has 184 valence electrons. The van der Waals surface area contributed by atoms with E-state index in [2.05, 4.69) is 37.1 Å². The third-order valence-electron chi connectivity index (χ3n) is 6.72. The second-order valence-electron chi connectivity index (χ2n) is 9.20. The Balaban J connectivity index is 1.13. The molecule has 0 radical (unpaired) electrons. The molecule has 3 heterocycles. The second kappa shape index (κ2) is 11.5. The van der Waals surface area contributed by atoms with Gasteiger partial charge in [-0.2, -0.15) is 0 Å². The largest absolute Gasteiger partial charge is 0.457 e. The van der Waals surface area contributed by atoms with E-state index in [0.717, 1.165) is 68.6 Å². The highest BCUT2D eigenvalue weighted by Gasteiger charge is 2.22. The van der Waals surface area contributed by atoms with E-state index < -0.39 is 0 Å². The van der Waals surface area contributed by atoms with Gasteiger partial charge in [0, 0.05) is 64.7 Å². The SMILES string of the molecule is O=C(NCCc1nnc2n1CCN(Cc1cccc(Oc3ccccc3)c1)CC2)C1CCOCC1. The molecule has 0 saturated carbocycles. The van der Waals surface area contributed by atoms with Crippen molar-refractivity contribution in [3.63, 3.8) is 0 Å². The van der Waals surface area contributed by atoms with Gasteiger partial charge in [0.25, 0.3) is 0 Å². The average Bonchev–Trinajstić information content (AvgIpc) is 3.17. The maximum atomic E-state index is 12.4. The first kappa shape index (κ1) is 23.5. The molecule has 0 aliphatic carbocycles. The highest BCUT2D eigenvalue weighted by molar-refractivity contribution is 5.78. The number of fused-ring (bicyclic) bond motifs is 1. The van der Waals surface area contributed by atoms with E-state index >= 15 is 0 Å². The quantitative estimate of drug-likeness (QED) is 0.539. The number of rotatable bonds is 8. The van der Waals surface area contributed by atoms with Crippen molar-refractivity contribution >= 4 is 5.91 Å². The summed E-state index contributed by atoms with van der Waals surface area (Å²) in [5.74, 6) is 3.88. The minimum Gasteiger partial charge on any atom is -0.457 e. The molecule has 8 heteroatoms. The number of para-hydroxylation sites is 1. The molecule has 0 bridgehead atoms. The number of nitrogens with one attached hydrogen (secondary N) is 1. The van der Waals surface area contributed by atoms with Crippen LogP contribution in [-0.2, 0) is 35.5 Å². The Morgan fingerprint density at radius 1 is 1.00 bits per heavy atom. The van der Waals surface area contributed by atoms with E-state index in [1.54, 1.807) is 0 Å². The van der Waals surface area contributed by atoms with Gasteiger partial charge >= 0.3 is 0 Å². The number of hydrogen-bond acceptors (Lipinski definition) is 6. The Morgan fingerprint density at radius 2 is 1.83 bits per heavy atom. The molecule has 0 unspecified atom stereocenters. The summed E-state index contributed by atoms with van der Waals surface area (Å²) in [5.41, 5.74) is 1.23. The molecule has 2 aromatic carbocycles. The predicted octanol–water partition coefficient (Wildman–Crippen LogP) is 3.21. The number of nitrogens with zero attached hydrogens (tertiary/aromatic N) is 4. The molecule has 3 aromatic rings. The van der Waals surface area contributed by atoms with Crippen molar-refractivity contribution < 1.29 is 14.3 Å². The second-order valence-corrected chi connectivity index (χ2v) is 9.20. The van der Waals surface area contributed by atoms with Crippen LogP contribution in [0.5, 0.6) is 11.5 Å². The molecule has 35 heavy (non-hydrogen) atoms. The van der Waals surface area contributed by atoms with Crippen molar-refractivity contribution in [2.75, 3.05) is 32.8 Å². The van der Waals surface area contributed by atoms with Gasteiger partial charge in [-0.05, 0) is 42.7 Å². The van der Waals surface area contributed by atoms with Crippen molar-refractivity contribution in [1.82, 2.24) is 25.0 Å². The fourth-order valence-corrected chi connectivity index (χ4v) is 4.76. The summed E-state index contributed by atoms with van der Waals surface area (Å²) in [7, 11) is 0. The summed E-state index contributed by atoms with van der Waals surface area (Å²) in [6, 6.07) is 18.2. The molecule has 0 spiro atoms. The summed E-state index contributed by atoms with van der Waals surface area (Å²) >= 11 is 0. The van der Waals surface area contributed by atoms with E-state index in [0.29, 0.717) is 26.2 Å². The third kappa shape index (κ3) is 6.26. The van der Waals surface area contributed by atoms with Crippen LogP contribution >= 0.6 is 0 Å². The first-order valence-electron chi connectivity index (χ1n) is 12.6. The summed E-state index contributed by atoms with van der Waals surface area (Å²) in [5, 5.41) is 11.9. The molecular formula is C27H33N5O3. The number of amides is 1. The zero-order valence-corrected chi connectivity index (χ0v) is 20.1. The topological polar surface area (TPSA) is 81.5 Å². The van der Waals surface area contributed by atoms with Crippen LogP contribution in [0, 0.1) is 5.92 Å². The number of benzene rings is 2. The Morgan fingerprint density at radius 3 is 2.69 bits per heavy atom. The normalized spacial score (nSPS) is 16.9. The van der Waals surface area contributed by atoms with Crippen molar-refractivity contribution in [1.29, 1.82) is 0 Å². The molecule has 0 atom stereocenters. The van der Waals surface area contributed by atoms with Crippen LogP contribution in [0.1, 0.15) is 30.1 Å². The highest BCUT2D eigenvalue weighted by atomic mass is 16.5. The molecule has 1 fully saturated rings. The highest BCUT2D eigenvalue weighted by Crippen LogP contribution is 2.23. The minimum atomic E-state index is 0.0735. The standard InChI is InChI=1S/C27H33N5O3/c33-27(22-11-17-34-18-12-22)28-13-9-25-29-30-26-10-14-31(15-16-32(25)26)20-21-5-4-8-24(19-21)35-23-6-2-1-3-7-23/h1-8,19,22H,9-18,20H2,(H,28,33). The first-order chi connectivity index (χ1) is 17.2. The average molecular weight is 476 g/mol. The zero-order valence-electron chi connectivity index (χ0n) is 20.1. The number of carbonyl (C=O) groups excluding carboxylic acids is 1. The summed E-state index contributed by atoms with van der Waals surface area (Å²) in [6.07, 6.45) is 3.18. The number of ether oxygens (including phenoxy) is 2. The van der Waals surface area contributed by atoms with E-state index in [9.17, 15) is 4.79 Å². The molecular weight excluding hydrogens is 442 g/mol. The van der Waals surface area contributed by atoms with Gasteiger partial charge in [-0.15, -0.1) is 10.2 Å². The van der Waals surface area contributed by atoms with E-state index in [1.807, 2.05) is 42.5 Å². The summed E-state index contributed by atoms with van der Waals surface area (Å²) in [4.78, 5) is 14.8. The molecule has 5 rings (SSSR count). The van der Waals surface area contributed by atoms with Crippen molar-refractivity contribution in [2.24, 2.45) is 5.92 Å². The molecule has 8 nitrogen and oxygen atoms in total. The van der Waals surface area contributed by atoms with Crippen molar-refractivity contribution in [2.45, 2.75) is 38.8 Å². The lowest BCUT2D eigenvalue weighted by atomic mass is 9.99. The number of hydrogen-bond donors (Lipinski definition) is 1. The number of aromatic nitrogens is 3. The summed E-state index contributed by atoms with van der Waals surface area (Å²) < 4.78 is 13.6. The molecule has 2 aliphatic rings. The Bertz CT molecular complexity index is 1110. The molecule has 1 N–H and O–H groups in total. The Labute approximate surface area is 206 Å². The Hall–Kier alpha value is -3.23. The smallest absolute Gasteiger partial charge is 0.223 e. The van der Waals surface area contributed by atoms with Crippen LogP contribution in [0.3, 0.4) is 0 Å². The lowest BCUT2D eigenvalue weighted by molar-refractivity contribution is -0.127. The van der Waals surface area contributed by atoms with Gasteiger partial charge in [-0.25, -0.2) is 0 Å². The van der Waals surface area contributed by atoms with Crippen LogP contribution in [-0.4, -0.2) is 58.4 Å². The lowest BCUT2D eigenvalue weighted by Crippen LogP contribution is -2.35. The van der Waals surface area contributed by atoms with Crippen LogP contribution in [0.4, 0.5) is 0 Å². The first-order valence-corrected chi connectivity index (χ1v) is 12.6. The van der Waals surface area contributed by atoms with Crippen molar-refractivity contribution in [3.8, 4) is 11.5 Å². The third-order valence-corrected chi connectivity index (χ3v) is 6.72. The van der Waals surface area contributed by atoms with Crippen LogP contribution in [0.25, 0.3) is 0 Å². The zero-order chi connectivity index (χ0) is 23.9. The van der Waals surface area contributed by atoms with E-state index in [-0.39, 0.29) is 11.8 Å². The number of carbonyl (C=O) groups is 1. The summed E-state index contributed by atoms with van der Waals surface area (Å²) in [6.45, 7) is 5.52. The van der Waals surface area contributed by atoms with Gasteiger partial charge in [0.15, 0.2) is 0 Å². The maximum Gasteiger partial charge on any atom is 0.223 e. The maximum absolute atomic E-state index is 12.4. The van der Waals surface area contributed by atoms with Gasteiger partial charge in [-0.1, -0.05) is 30.3 Å². The van der Waals surface area contributed by atoms with Gasteiger partial charge in [-0.3, -0.25) is 9.69 Å². The van der Waals surface area contributed by atoms with E-state index in [4.69, 9.17) is 9.47 Å². The molecule has 1 saturated heterocycles. The van der Waals surface area contributed by atoms with Crippen LogP contribution < -0.4 is 10.1 Å². The van der Waals surface area contributed by atoms with Gasteiger partial charge < -0.3 is 19.4 Å². The fraction of sp³-hybridized carbons (Fsp3) is 0.444. The molecule has 1 amide bonds. The molecule has 2 aliphatic heterocycles. The van der Waals surface area contributed by atoms with E-state index in [1.165, 1.54) is 5.56 Å². The fourth-order valence-electron chi connectivity index (χ4n) is 4.76. The predicted molar refractivity (Wildman–Crippen MR) is 132 cm³/mol. The van der Waals surface area contributed by atoms with Gasteiger partial charge in [0.05, 0.1) is 0 Å². The van der Waals surface area contributed by atoms with Crippen LogP contribution in [0.15, 0.2) is 54.6 Å². The lowest BCUT2D eigenvalue weighted by Gasteiger charge is -2.21. The van der Waals surface area contributed by atoms with Gasteiger partial charge in [0.1, 0.15) is 23.1 Å².